The second-order valence-electron chi connectivity index (χ2n) is 5.00. The van der Waals surface area contributed by atoms with E-state index >= 15 is 0 Å². The second-order valence-corrected chi connectivity index (χ2v) is 5.91. The molecule has 1 aliphatic rings. The molecule has 1 N–H and O–H groups in total. The zero-order valence-corrected chi connectivity index (χ0v) is 12.8. The van der Waals surface area contributed by atoms with Gasteiger partial charge in [-0.15, -0.1) is 0 Å². The molecule has 20 heavy (non-hydrogen) atoms. The molecule has 1 aromatic heterocycles. The highest BCUT2D eigenvalue weighted by Gasteiger charge is 2.17. The monoisotopic (exact) mass is 336 g/mol. The Morgan fingerprint density at radius 3 is 2.95 bits per heavy atom. The van der Waals surface area contributed by atoms with Crippen LogP contribution in [0.5, 0.6) is 0 Å². The second kappa shape index (κ2) is 5.97. The first-order chi connectivity index (χ1) is 9.74. The zero-order valence-electron chi connectivity index (χ0n) is 11.2. The molecule has 5 heteroatoms. The van der Waals surface area contributed by atoms with Crippen molar-refractivity contribution in [1.29, 1.82) is 0 Å². The van der Waals surface area contributed by atoms with E-state index < -0.39 is 0 Å². The number of carbonyl (C=O) groups is 1. The highest BCUT2D eigenvalue weighted by atomic mass is 79.9. The number of benzene rings is 1. The van der Waals surface area contributed by atoms with Crippen molar-refractivity contribution in [1.82, 2.24) is 9.88 Å². The van der Waals surface area contributed by atoms with Crippen molar-refractivity contribution in [2.45, 2.75) is 12.8 Å². The van der Waals surface area contributed by atoms with Crippen LogP contribution in [0.1, 0.15) is 12.0 Å². The summed E-state index contributed by atoms with van der Waals surface area (Å²) in [6.45, 7) is 2.76. The van der Waals surface area contributed by atoms with Crippen molar-refractivity contribution in [3.8, 4) is 0 Å². The molecule has 4 nitrogen and oxygen atoms in total. The molecule has 2 heterocycles. The lowest BCUT2D eigenvalue weighted by Crippen LogP contribution is -2.40. The van der Waals surface area contributed by atoms with Crippen molar-refractivity contribution in [2.24, 2.45) is 0 Å². The van der Waals surface area contributed by atoms with Crippen LogP contribution in [0.4, 0.5) is 0 Å². The van der Waals surface area contributed by atoms with Crippen LogP contribution in [-0.4, -0.2) is 42.1 Å². The van der Waals surface area contributed by atoms with Crippen molar-refractivity contribution >= 4 is 32.7 Å². The minimum absolute atomic E-state index is 0.220. The van der Waals surface area contributed by atoms with Gasteiger partial charge in [0.25, 0.3) is 0 Å². The molecular formula is C15H17BrN2O2. The Bertz CT molecular complexity index is 617. The number of aromatic amines is 1. The molecule has 1 aliphatic heterocycles. The average Bonchev–Trinajstić information content (AvgIpc) is 2.88. The number of nitrogens with zero attached hydrogens (tertiary/aromatic N) is 1. The Kier molecular flexibility index (Phi) is 4.08. The molecule has 0 saturated carbocycles. The maximum Gasteiger partial charge on any atom is 0.223 e. The number of morpholine rings is 1. The molecule has 0 radical (unpaired) electrons. The Morgan fingerprint density at radius 2 is 2.15 bits per heavy atom. The number of amides is 1. The molecule has 1 amide bonds. The zero-order chi connectivity index (χ0) is 13.9. The summed E-state index contributed by atoms with van der Waals surface area (Å²) in [5, 5.41) is 1.19. The van der Waals surface area contributed by atoms with Gasteiger partial charge in [0, 0.05) is 41.1 Å². The standard InChI is InChI=1S/C15H17BrN2O2/c16-12-2-3-14-13(9-12)11(10-17-14)1-4-15(19)18-5-7-20-8-6-18/h2-3,9-10,17H,1,4-8H2. The van der Waals surface area contributed by atoms with Crippen molar-refractivity contribution in [3.63, 3.8) is 0 Å². The summed E-state index contributed by atoms with van der Waals surface area (Å²) in [4.78, 5) is 17.3. The molecule has 2 aromatic rings. The van der Waals surface area contributed by atoms with Crippen molar-refractivity contribution in [2.75, 3.05) is 26.3 Å². The van der Waals surface area contributed by atoms with E-state index in [-0.39, 0.29) is 5.91 Å². The van der Waals surface area contributed by atoms with Crippen LogP contribution >= 0.6 is 15.9 Å². The number of fused-ring (bicyclic) bond motifs is 1. The lowest BCUT2D eigenvalue weighted by Gasteiger charge is -2.26. The van der Waals surface area contributed by atoms with Gasteiger partial charge in [-0.2, -0.15) is 0 Å². The fraction of sp³-hybridized carbons (Fsp3) is 0.400. The lowest BCUT2D eigenvalue weighted by molar-refractivity contribution is -0.135. The van der Waals surface area contributed by atoms with E-state index in [0.717, 1.165) is 29.5 Å². The molecule has 0 atom stereocenters. The maximum absolute atomic E-state index is 12.1. The molecule has 0 bridgehead atoms. The van der Waals surface area contributed by atoms with E-state index in [1.807, 2.05) is 23.2 Å². The van der Waals surface area contributed by atoms with E-state index in [1.165, 1.54) is 10.9 Å². The first-order valence-electron chi connectivity index (χ1n) is 6.85. The van der Waals surface area contributed by atoms with Gasteiger partial charge < -0.3 is 14.6 Å². The predicted octanol–water partition coefficient (Wildman–Crippen LogP) is 2.72. The maximum atomic E-state index is 12.1. The number of rotatable bonds is 3. The smallest absolute Gasteiger partial charge is 0.223 e. The Hall–Kier alpha value is -1.33. The number of nitrogens with one attached hydrogen (secondary N) is 1. The van der Waals surface area contributed by atoms with Gasteiger partial charge >= 0.3 is 0 Å². The highest BCUT2D eigenvalue weighted by molar-refractivity contribution is 9.10. The quantitative estimate of drug-likeness (QED) is 0.936. The van der Waals surface area contributed by atoms with Gasteiger partial charge in [0.2, 0.25) is 5.91 Å². The molecule has 1 fully saturated rings. The summed E-state index contributed by atoms with van der Waals surface area (Å²) in [5.74, 6) is 0.220. The molecule has 3 rings (SSSR count). The predicted molar refractivity (Wildman–Crippen MR) is 81.7 cm³/mol. The number of hydrogen-bond donors (Lipinski definition) is 1. The highest BCUT2D eigenvalue weighted by Crippen LogP contribution is 2.23. The van der Waals surface area contributed by atoms with Crippen LogP contribution in [0.15, 0.2) is 28.9 Å². The topological polar surface area (TPSA) is 45.3 Å². The summed E-state index contributed by atoms with van der Waals surface area (Å²) in [6.07, 6.45) is 3.33. The number of hydrogen-bond acceptors (Lipinski definition) is 2. The Morgan fingerprint density at radius 1 is 1.35 bits per heavy atom. The van der Waals surface area contributed by atoms with Crippen LogP contribution in [0.3, 0.4) is 0 Å². The van der Waals surface area contributed by atoms with Gasteiger partial charge in [-0.3, -0.25) is 4.79 Å². The fourth-order valence-corrected chi connectivity index (χ4v) is 2.93. The van der Waals surface area contributed by atoms with Gasteiger partial charge in [0.05, 0.1) is 13.2 Å². The first-order valence-corrected chi connectivity index (χ1v) is 7.64. The van der Waals surface area contributed by atoms with E-state index in [4.69, 9.17) is 4.74 Å². The molecule has 1 aromatic carbocycles. The van der Waals surface area contributed by atoms with Gasteiger partial charge in [0.1, 0.15) is 0 Å². The van der Waals surface area contributed by atoms with Gasteiger partial charge in [-0.1, -0.05) is 15.9 Å². The van der Waals surface area contributed by atoms with E-state index in [9.17, 15) is 4.79 Å². The Labute approximate surface area is 126 Å². The minimum Gasteiger partial charge on any atom is -0.378 e. The minimum atomic E-state index is 0.220. The van der Waals surface area contributed by atoms with E-state index in [0.29, 0.717) is 19.6 Å². The third-order valence-corrected chi connectivity index (χ3v) is 4.19. The van der Waals surface area contributed by atoms with Crippen molar-refractivity contribution < 1.29 is 9.53 Å². The van der Waals surface area contributed by atoms with Crippen LogP contribution in [0, 0.1) is 0 Å². The number of aromatic nitrogens is 1. The molecule has 0 aliphatic carbocycles. The van der Waals surface area contributed by atoms with Gasteiger partial charge in [-0.25, -0.2) is 0 Å². The third-order valence-electron chi connectivity index (χ3n) is 3.70. The summed E-state index contributed by atoms with van der Waals surface area (Å²) < 4.78 is 6.33. The number of halogens is 1. The third kappa shape index (κ3) is 2.88. The number of carbonyl (C=O) groups excluding carboxylic acids is 1. The molecule has 106 valence electrons. The summed E-state index contributed by atoms with van der Waals surface area (Å²) >= 11 is 3.49. The Balaban J connectivity index is 1.67. The molecular weight excluding hydrogens is 320 g/mol. The number of ether oxygens (including phenoxy) is 1. The largest absolute Gasteiger partial charge is 0.378 e. The van der Waals surface area contributed by atoms with Crippen molar-refractivity contribution in [3.05, 3.63) is 34.4 Å². The summed E-state index contributed by atoms with van der Waals surface area (Å²) in [5.41, 5.74) is 2.31. The molecule has 0 unspecified atom stereocenters. The SMILES string of the molecule is O=C(CCc1c[nH]c2ccc(Br)cc12)N1CCOCC1. The number of H-pyrrole nitrogens is 1. The summed E-state index contributed by atoms with van der Waals surface area (Å²) in [6, 6.07) is 6.16. The fourth-order valence-electron chi connectivity index (χ4n) is 2.57. The van der Waals surface area contributed by atoms with Crippen LogP contribution in [0.25, 0.3) is 10.9 Å². The van der Waals surface area contributed by atoms with E-state index in [1.54, 1.807) is 0 Å². The molecule has 0 spiro atoms. The average molecular weight is 337 g/mol. The van der Waals surface area contributed by atoms with Gasteiger partial charge in [-0.05, 0) is 30.2 Å². The first kappa shape index (κ1) is 13.6. The van der Waals surface area contributed by atoms with Crippen LogP contribution < -0.4 is 0 Å². The van der Waals surface area contributed by atoms with Crippen LogP contribution in [0.2, 0.25) is 0 Å². The molecule has 1 saturated heterocycles. The van der Waals surface area contributed by atoms with Gasteiger partial charge in [0.15, 0.2) is 0 Å². The lowest BCUT2D eigenvalue weighted by atomic mass is 10.1. The number of aryl methyl sites for hydroxylation is 1. The summed E-state index contributed by atoms with van der Waals surface area (Å²) in [7, 11) is 0. The van der Waals surface area contributed by atoms with E-state index in [2.05, 4.69) is 27.0 Å². The van der Waals surface area contributed by atoms with Crippen LogP contribution in [-0.2, 0) is 16.0 Å². The normalized spacial score (nSPS) is 15.8.